The Bertz CT molecular complexity index is 212. The first-order valence-corrected chi connectivity index (χ1v) is 5.36. The molecule has 2 N–H and O–H groups in total. The summed E-state index contributed by atoms with van der Waals surface area (Å²) in [7, 11) is 1.54. The van der Waals surface area contributed by atoms with Crippen LogP contribution in [0.4, 0.5) is 13.2 Å². The molecule has 0 bridgehead atoms. The van der Waals surface area contributed by atoms with Gasteiger partial charge in [0, 0.05) is 20.1 Å². The Morgan fingerprint density at radius 1 is 1.19 bits per heavy atom. The summed E-state index contributed by atoms with van der Waals surface area (Å²) < 4.78 is 35.6. The molecule has 96 valence electrons. The summed E-state index contributed by atoms with van der Waals surface area (Å²) in [4.78, 5) is 3.83. The quantitative estimate of drug-likeness (QED) is 0.569. The minimum atomic E-state index is -4.12. The number of halogens is 3. The third kappa shape index (κ3) is 9.61. The van der Waals surface area contributed by atoms with Crippen LogP contribution < -0.4 is 10.6 Å². The molecule has 0 saturated carbocycles. The van der Waals surface area contributed by atoms with Gasteiger partial charge in [0.2, 0.25) is 0 Å². The molecule has 0 fully saturated rings. The maximum absolute atomic E-state index is 11.9. The predicted octanol–water partition coefficient (Wildman–Crippen LogP) is 2.15. The molecule has 0 aromatic carbocycles. The standard InChI is InChI=1S/C10H20F3N3/c1-8(2)4-6-15-9(14-3)16-7-5-10(11,12)13/h8H,4-7H2,1-3H3,(H2,14,15,16). The van der Waals surface area contributed by atoms with Gasteiger partial charge in [0.1, 0.15) is 0 Å². The molecule has 0 aromatic heterocycles. The van der Waals surface area contributed by atoms with Crippen molar-refractivity contribution in [3.05, 3.63) is 0 Å². The molecule has 0 aliphatic rings. The second kappa shape index (κ2) is 7.35. The van der Waals surface area contributed by atoms with Crippen LogP contribution in [0.3, 0.4) is 0 Å². The average molecular weight is 239 g/mol. The van der Waals surface area contributed by atoms with Crippen LogP contribution in [-0.2, 0) is 0 Å². The highest BCUT2D eigenvalue weighted by Gasteiger charge is 2.26. The van der Waals surface area contributed by atoms with Gasteiger partial charge in [-0.15, -0.1) is 0 Å². The molecular weight excluding hydrogens is 219 g/mol. The van der Waals surface area contributed by atoms with Gasteiger partial charge >= 0.3 is 6.18 Å². The third-order valence-corrected chi connectivity index (χ3v) is 1.94. The Morgan fingerprint density at radius 3 is 2.19 bits per heavy atom. The van der Waals surface area contributed by atoms with Crippen molar-refractivity contribution in [2.75, 3.05) is 20.1 Å². The van der Waals surface area contributed by atoms with Crippen LogP contribution in [0.5, 0.6) is 0 Å². The zero-order valence-corrected chi connectivity index (χ0v) is 9.99. The summed E-state index contributed by atoms with van der Waals surface area (Å²) in [5, 5.41) is 5.58. The van der Waals surface area contributed by atoms with Crippen molar-refractivity contribution in [3.63, 3.8) is 0 Å². The number of hydrogen-bond acceptors (Lipinski definition) is 1. The summed E-state index contributed by atoms with van der Waals surface area (Å²) in [6, 6.07) is 0. The zero-order valence-electron chi connectivity index (χ0n) is 9.99. The lowest BCUT2D eigenvalue weighted by atomic mass is 10.1. The largest absolute Gasteiger partial charge is 0.390 e. The lowest BCUT2D eigenvalue weighted by Gasteiger charge is -2.13. The fourth-order valence-corrected chi connectivity index (χ4v) is 1.02. The van der Waals surface area contributed by atoms with Gasteiger partial charge < -0.3 is 10.6 Å². The van der Waals surface area contributed by atoms with E-state index in [1.807, 2.05) is 0 Å². The van der Waals surface area contributed by atoms with Crippen molar-refractivity contribution in [1.29, 1.82) is 0 Å². The number of alkyl halides is 3. The Kier molecular flexibility index (Phi) is 6.92. The van der Waals surface area contributed by atoms with E-state index in [1.54, 1.807) is 0 Å². The monoisotopic (exact) mass is 239 g/mol. The van der Waals surface area contributed by atoms with E-state index < -0.39 is 12.6 Å². The summed E-state index contributed by atoms with van der Waals surface area (Å²) in [6.07, 6.45) is -4.01. The molecule has 6 heteroatoms. The minimum absolute atomic E-state index is 0.148. The van der Waals surface area contributed by atoms with Crippen LogP contribution in [0.2, 0.25) is 0 Å². The highest BCUT2D eigenvalue weighted by Crippen LogP contribution is 2.17. The summed E-state index contributed by atoms with van der Waals surface area (Å²) in [5.74, 6) is 0.977. The molecule has 0 atom stereocenters. The van der Waals surface area contributed by atoms with Crippen LogP contribution in [-0.4, -0.2) is 32.3 Å². The molecule has 0 aliphatic carbocycles. The maximum atomic E-state index is 11.9. The molecule has 0 aliphatic heterocycles. The third-order valence-electron chi connectivity index (χ3n) is 1.94. The van der Waals surface area contributed by atoms with Gasteiger partial charge in [-0.1, -0.05) is 13.8 Å². The van der Waals surface area contributed by atoms with E-state index in [2.05, 4.69) is 29.5 Å². The van der Waals surface area contributed by atoms with Crippen LogP contribution >= 0.6 is 0 Å². The summed E-state index contributed by atoms with van der Waals surface area (Å²) in [5.41, 5.74) is 0. The molecule has 0 aromatic rings. The van der Waals surface area contributed by atoms with E-state index in [1.165, 1.54) is 7.05 Å². The van der Waals surface area contributed by atoms with E-state index in [0.717, 1.165) is 6.42 Å². The Morgan fingerprint density at radius 2 is 1.75 bits per heavy atom. The first-order valence-electron chi connectivity index (χ1n) is 5.36. The number of hydrogen-bond donors (Lipinski definition) is 2. The van der Waals surface area contributed by atoms with Crippen LogP contribution in [0.15, 0.2) is 4.99 Å². The van der Waals surface area contributed by atoms with Gasteiger partial charge in [0.15, 0.2) is 5.96 Å². The van der Waals surface area contributed by atoms with Crippen molar-refractivity contribution < 1.29 is 13.2 Å². The number of nitrogens with one attached hydrogen (secondary N) is 2. The molecule has 0 amide bonds. The van der Waals surface area contributed by atoms with Gasteiger partial charge in [-0.05, 0) is 12.3 Å². The van der Waals surface area contributed by atoms with Crippen molar-refractivity contribution in [2.45, 2.75) is 32.9 Å². The highest BCUT2D eigenvalue weighted by atomic mass is 19.4. The molecule has 0 saturated heterocycles. The Balaban J connectivity index is 3.69. The fourth-order valence-electron chi connectivity index (χ4n) is 1.02. The molecule has 0 unspecified atom stereocenters. The first-order chi connectivity index (χ1) is 7.35. The molecular formula is C10H20F3N3. The summed E-state index contributed by atoms with van der Waals surface area (Å²) in [6.45, 7) is 4.73. The SMILES string of the molecule is CN=C(NCCC(C)C)NCCC(F)(F)F. The van der Waals surface area contributed by atoms with Gasteiger partial charge in [-0.2, -0.15) is 13.2 Å². The van der Waals surface area contributed by atoms with E-state index in [4.69, 9.17) is 0 Å². The normalized spacial score (nSPS) is 13.1. The highest BCUT2D eigenvalue weighted by molar-refractivity contribution is 5.79. The van der Waals surface area contributed by atoms with Gasteiger partial charge in [0.25, 0.3) is 0 Å². The van der Waals surface area contributed by atoms with Crippen molar-refractivity contribution in [3.8, 4) is 0 Å². The predicted molar refractivity (Wildman–Crippen MR) is 59.5 cm³/mol. The Hall–Kier alpha value is -0.940. The minimum Gasteiger partial charge on any atom is -0.356 e. The van der Waals surface area contributed by atoms with Crippen LogP contribution in [0.1, 0.15) is 26.7 Å². The van der Waals surface area contributed by atoms with E-state index in [9.17, 15) is 13.2 Å². The molecule has 0 heterocycles. The fraction of sp³-hybridized carbons (Fsp3) is 0.900. The average Bonchev–Trinajstić information content (AvgIpc) is 2.13. The second-order valence-corrected chi connectivity index (χ2v) is 3.97. The lowest BCUT2D eigenvalue weighted by Crippen LogP contribution is -2.39. The topological polar surface area (TPSA) is 36.4 Å². The first kappa shape index (κ1) is 15.1. The van der Waals surface area contributed by atoms with E-state index in [0.29, 0.717) is 18.4 Å². The molecule has 0 spiro atoms. The van der Waals surface area contributed by atoms with Crippen LogP contribution in [0, 0.1) is 5.92 Å². The van der Waals surface area contributed by atoms with Crippen molar-refractivity contribution in [1.82, 2.24) is 10.6 Å². The Labute approximate surface area is 94.5 Å². The molecule has 0 rings (SSSR count). The van der Waals surface area contributed by atoms with Gasteiger partial charge in [0.05, 0.1) is 6.42 Å². The number of guanidine groups is 1. The van der Waals surface area contributed by atoms with E-state index in [-0.39, 0.29) is 6.54 Å². The van der Waals surface area contributed by atoms with E-state index >= 15 is 0 Å². The molecule has 0 radical (unpaired) electrons. The molecule has 3 nitrogen and oxygen atoms in total. The van der Waals surface area contributed by atoms with Gasteiger partial charge in [-0.25, -0.2) is 0 Å². The smallest absolute Gasteiger partial charge is 0.356 e. The van der Waals surface area contributed by atoms with Crippen molar-refractivity contribution >= 4 is 5.96 Å². The summed E-state index contributed by atoms with van der Waals surface area (Å²) >= 11 is 0. The second-order valence-electron chi connectivity index (χ2n) is 3.97. The number of rotatable bonds is 5. The lowest BCUT2D eigenvalue weighted by molar-refractivity contribution is -0.132. The van der Waals surface area contributed by atoms with Crippen molar-refractivity contribution in [2.24, 2.45) is 10.9 Å². The number of nitrogens with zero attached hydrogens (tertiary/aromatic N) is 1. The zero-order chi connectivity index (χ0) is 12.6. The number of aliphatic imine (C=N–C) groups is 1. The maximum Gasteiger partial charge on any atom is 0.390 e. The molecule has 16 heavy (non-hydrogen) atoms. The van der Waals surface area contributed by atoms with Gasteiger partial charge in [-0.3, -0.25) is 4.99 Å². The van der Waals surface area contributed by atoms with Crippen LogP contribution in [0.25, 0.3) is 0 Å².